The van der Waals surface area contributed by atoms with Crippen molar-refractivity contribution < 1.29 is 0 Å². The maximum atomic E-state index is 6.15. The van der Waals surface area contributed by atoms with Gasteiger partial charge in [0.15, 0.2) is 5.11 Å². The first-order chi connectivity index (χ1) is 11.1. The van der Waals surface area contributed by atoms with E-state index in [1.54, 1.807) is 0 Å². The van der Waals surface area contributed by atoms with E-state index in [0.717, 1.165) is 5.69 Å². The summed E-state index contributed by atoms with van der Waals surface area (Å²) in [4.78, 5) is 0. The number of hydrogen-bond donors (Lipinski definition) is 2. The van der Waals surface area contributed by atoms with Gasteiger partial charge in [0.25, 0.3) is 0 Å². The van der Waals surface area contributed by atoms with Crippen LogP contribution in [0.5, 0.6) is 0 Å². The first kappa shape index (κ1) is 15.8. The SMILES string of the molecule is C[C@@H](NC(=S)Nc1ccccc1Cl)c1cccc2ccccc12. The molecule has 0 fully saturated rings. The second-order valence-electron chi connectivity index (χ2n) is 5.37. The average molecular weight is 341 g/mol. The summed E-state index contributed by atoms with van der Waals surface area (Å²) in [5.74, 6) is 0. The third-order valence-electron chi connectivity index (χ3n) is 3.76. The van der Waals surface area contributed by atoms with Crippen molar-refractivity contribution in [3.05, 3.63) is 77.3 Å². The van der Waals surface area contributed by atoms with Gasteiger partial charge in [0.1, 0.15) is 0 Å². The zero-order chi connectivity index (χ0) is 16.2. The summed E-state index contributed by atoms with van der Waals surface area (Å²) in [7, 11) is 0. The number of anilines is 1. The molecule has 0 aliphatic heterocycles. The number of halogens is 1. The van der Waals surface area contributed by atoms with Crippen molar-refractivity contribution in [1.82, 2.24) is 5.32 Å². The second-order valence-corrected chi connectivity index (χ2v) is 6.18. The first-order valence-corrected chi connectivity index (χ1v) is 8.23. The molecule has 1 atom stereocenters. The van der Waals surface area contributed by atoms with Gasteiger partial charge in [-0.15, -0.1) is 0 Å². The van der Waals surface area contributed by atoms with Crippen LogP contribution in [0.15, 0.2) is 66.7 Å². The Bertz CT molecular complexity index is 842. The highest BCUT2D eigenvalue weighted by atomic mass is 35.5. The molecular weight excluding hydrogens is 324 g/mol. The van der Waals surface area contributed by atoms with Gasteiger partial charge in [0.2, 0.25) is 0 Å². The van der Waals surface area contributed by atoms with Crippen LogP contribution in [-0.4, -0.2) is 5.11 Å². The molecule has 0 bridgehead atoms. The molecule has 0 aromatic heterocycles. The predicted molar refractivity (Wildman–Crippen MR) is 103 cm³/mol. The van der Waals surface area contributed by atoms with E-state index in [9.17, 15) is 0 Å². The highest BCUT2D eigenvalue weighted by Gasteiger charge is 2.11. The van der Waals surface area contributed by atoms with E-state index in [0.29, 0.717) is 10.1 Å². The molecule has 3 rings (SSSR count). The Labute approximate surface area is 146 Å². The molecule has 0 aliphatic rings. The third kappa shape index (κ3) is 3.63. The van der Waals surface area contributed by atoms with Crippen LogP contribution in [0.1, 0.15) is 18.5 Å². The van der Waals surface area contributed by atoms with Crippen molar-refractivity contribution in [1.29, 1.82) is 0 Å². The third-order valence-corrected chi connectivity index (χ3v) is 4.31. The number of rotatable bonds is 3. The molecule has 0 heterocycles. The minimum absolute atomic E-state index is 0.0867. The number of nitrogens with one attached hydrogen (secondary N) is 2. The fraction of sp³-hybridized carbons (Fsp3) is 0.105. The molecule has 0 aliphatic carbocycles. The standard InChI is InChI=1S/C19H17ClN2S/c1-13(15-10-6-8-14-7-2-3-9-16(14)15)21-19(23)22-18-12-5-4-11-17(18)20/h2-13H,1H3,(H2,21,22,23)/t13-/m1/s1. The molecule has 0 saturated carbocycles. The van der Waals surface area contributed by atoms with Gasteiger partial charge in [0, 0.05) is 0 Å². The van der Waals surface area contributed by atoms with Gasteiger partial charge in [-0.05, 0) is 47.6 Å². The van der Waals surface area contributed by atoms with Gasteiger partial charge < -0.3 is 10.6 Å². The topological polar surface area (TPSA) is 24.1 Å². The highest BCUT2D eigenvalue weighted by Crippen LogP contribution is 2.25. The van der Waals surface area contributed by atoms with E-state index in [-0.39, 0.29) is 6.04 Å². The Kier molecular flexibility index (Phi) is 4.79. The summed E-state index contributed by atoms with van der Waals surface area (Å²) in [5.41, 5.74) is 2.02. The van der Waals surface area contributed by atoms with Gasteiger partial charge in [0.05, 0.1) is 16.8 Å². The molecule has 23 heavy (non-hydrogen) atoms. The van der Waals surface area contributed by atoms with Crippen LogP contribution < -0.4 is 10.6 Å². The van der Waals surface area contributed by atoms with E-state index < -0.39 is 0 Å². The normalized spacial score (nSPS) is 11.9. The lowest BCUT2D eigenvalue weighted by Gasteiger charge is -2.19. The largest absolute Gasteiger partial charge is 0.356 e. The number of para-hydroxylation sites is 1. The smallest absolute Gasteiger partial charge is 0.171 e. The van der Waals surface area contributed by atoms with Gasteiger partial charge in [-0.2, -0.15) is 0 Å². The number of hydrogen-bond acceptors (Lipinski definition) is 1. The molecule has 2 nitrogen and oxygen atoms in total. The first-order valence-electron chi connectivity index (χ1n) is 7.45. The quantitative estimate of drug-likeness (QED) is 0.612. The monoisotopic (exact) mass is 340 g/mol. The summed E-state index contributed by atoms with van der Waals surface area (Å²) in [6, 6.07) is 22.3. The van der Waals surface area contributed by atoms with Gasteiger partial charge in [-0.3, -0.25) is 0 Å². The Morgan fingerprint density at radius 3 is 2.48 bits per heavy atom. The summed E-state index contributed by atoms with van der Waals surface area (Å²) in [5, 5.41) is 10.1. The number of fused-ring (bicyclic) bond motifs is 1. The molecule has 2 N–H and O–H groups in total. The Morgan fingerprint density at radius 1 is 0.957 bits per heavy atom. The highest BCUT2D eigenvalue weighted by molar-refractivity contribution is 7.80. The molecule has 0 spiro atoms. The second kappa shape index (κ2) is 6.99. The Hall–Kier alpha value is -2.10. The van der Waals surface area contributed by atoms with Gasteiger partial charge >= 0.3 is 0 Å². The molecule has 0 amide bonds. The summed E-state index contributed by atoms with van der Waals surface area (Å²) < 4.78 is 0. The maximum Gasteiger partial charge on any atom is 0.171 e. The van der Waals surface area contributed by atoms with Crippen LogP contribution in [0.25, 0.3) is 10.8 Å². The van der Waals surface area contributed by atoms with Crippen molar-refractivity contribution in [3.8, 4) is 0 Å². The minimum atomic E-state index is 0.0867. The zero-order valence-corrected chi connectivity index (χ0v) is 14.3. The van der Waals surface area contributed by atoms with Crippen LogP contribution in [0.3, 0.4) is 0 Å². The zero-order valence-electron chi connectivity index (χ0n) is 12.7. The summed E-state index contributed by atoms with van der Waals surface area (Å²) in [6.45, 7) is 2.10. The Balaban J connectivity index is 1.77. The van der Waals surface area contributed by atoms with Crippen molar-refractivity contribution in [3.63, 3.8) is 0 Å². The van der Waals surface area contributed by atoms with Gasteiger partial charge in [-0.25, -0.2) is 0 Å². The average Bonchev–Trinajstić information content (AvgIpc) is 2.56. The van der Waals surface area contributed by atoms with Crippen molar-refractivity contribution in [2.75, 3.05) is 5.32 Å². The molecule has 0 unspecified atom stereocenters. The molecule has 116 valence electrons. The molecule has 0 saturated heterocycles. The summed E-state index contributed by atoms with van der Waals surface area (Å²) in [6.07, 6.45) is 0. The van der Waals surface area contributed by atoms with Crippen molar-refractivity contribution in [2.45, 2.75) is 13.0 Å². The molecule has 0 radical (unpaired) electrons. The number of thiocarbonyl (C=S) groups is 1. The van der Waals surface area contributed by atoms with E-state index in [1.807, 2.05) is 30.3 Å². The molecule has 4 heteroatoms. The lowest BCUT2D eigenvalue weighted by Crippen LogP contribution is -2.31. The molecular formula is C19H17ClN2S. The van der Waals surface area contributed by atoms with Crippen LogP contribution >= 0.6 is 23.8 Å². The lowest BCUT2D eigenvalue weighted by molar-refractivity contribution is 0.729. The van der Waals surface area contributed by atoms with Crippen LogP contribution in [0.2, 0.25) is 5.02 Å². The van der Waals surface area contributed by atoms with Crippen molar-refractivity contribution >= 4 is 45.4 Å². The van der Waals surface area contributed by atoms with Crippen LogP contribution in [0, 0.1) is 0 Å². The van der Waals surface area contributed by atoms with E-state index in [4.69, 9.17) is 23.8 Å². The maximum absolute atomic E-state index is 6.15. The van der Waals surface area contributed by atoms with E-state index in [1.165, 1.54) is 16.3 Å². The predicted octanol–water partition coefficient (Wildman–Crippen LogP) is 5.54. The lowest BCUT2D eigenvalue weighted by atomic mass is 10.00. The fourth-order valence-electron chi connectivity index (χ4n) is 2.62. The van der Waals surface area contributed by atoms with E-state index >= 15 is 0 Å². The van der Waals surface area contributed by atoms with Crippen LogP contribution in [-0.2, 0) is 0 Å². The minimum Gasteiger partial charge on any atom is -0.356 e. The number of benzene rings is 3. The Morgan fingerprint density at radius 2 is 1.65 bits per heavy atom. The van der Waals surface area contributed by atoms with E-state index in [2.05, 4.69) is 54.0 Å². The molecule has 3 aromatic rings. The summed E-state index contributed by atoms with van der Waals surface area (Å²) >= 11 is 11.6. The molecule has 3 aromatic carbocycles. The van der Waals surface area contributed by atoms with Crippen LogP contribution in [0.4, 0.5) is 5.69 Å². The van der Waals surface area contributed by atoms with Gasteiger partial charge in [-0.1, -0.05) is 66.2 Å². The fourth-order valence-corrected chi connectivity index (χ4v) is 3.09. The van der Waals surface area contributed by atoms with Crippen molar-refractivity contribution in [2.24, 2.45) is 0 Å².